The highest BCUT2D eigenvalue weighted by molar-refractivity contribution is 9.10. The van der Waals surface area contributed by atoms with E-state index in [1.807, 2.05) is 7.05 Å². The Morgan fingerprint density at radius 1 is 1.45 bits per heavy atom. The van der Waals surface area contributed by atoms with E-state index in [-0.39, 0.29) is 16.6 Å². The van der Waals surface area contributed by atoms with Gasteiger partial charge in [-0.2, -0.15) is 0 Å². The van der Waals surface area contributed by atoms with Crippen LogP contribution >= 0.6 is 27.5 Å². The Hall–Kier alpha value is -0.200. The molecule has 2 rings (SSSR count). The molecule has 1 N–H and O–H groups in total. The van der Waals surface area contributed by atoms with Crippen molar-refractivity contribution >= 4 is 27.5 Å². The molecule has 3 nitrogen and oxygen atoms in total. The van der Waals surface area contributed by atoms with Crippen LogP contribution in [0.1, 0.15) is 18.1 Å². The molecule has 1 saturated heterocycles. The topological polar surface area (TPSA) is 26.7 Å². The van der Waals surface area contributed by atoms with Crippen LogP contribution < -0.4 is 0 Å². The Labute approximate surface area is 132 Å². The first-order chi connectivity index (χ1) is 9.40. The van der Waals surface area contributed by atoms with Gasteiger partial charge in [-0.25, -0.2) is 4.39 Å². The summed E-state index contributed by atoms with van der Waals surface area (Å²) in [6, 6.07) is 3.47. The predicted molar refractivity (Wildman–Crippen MR) is 82.6 cm³/mol. The summed E-state index contributed by atoms with van der Waals surface area (Å²) in [5.74, 6) is -0.541. The third-order valence-corrected chi connectivity index (χ3v) is 5.16. The smallest absolute Gasteiger partial charge is 0.148 e. The predicted octanol–water partition coefficient (Wildman–Crippen LogP) is 2.91. The van der Waals surface area contributed by atoms with Crippen molar-refractivity contribution in [1.82, 2.24) is 9.80 Å². The van der Waals surface area contributed by atoms with Gasteiger partial charge < -0.3 is 14.9 Å². The summed E-state index contributed by atoms with van der Waals surface area (Å²) in [5.41, 5.74) is 0.264. The van der Waals surface area contributed by atoms with Crippen molar-refractivity contribution in [2.45, 2.75) is 18.6 Å². The van der Waals surface area contributed by atoms with E-state index in [0.29, 0.717) is 10.9 Å². The number of benzene rings is 1. The average Bonchev–Trinajstić information content (AvgIpc) is 2.40. The van der Waals surface area contributed by atoms with Gasteiger partial charge in [0.1, 0.15) is 5.82 Å². The minimum atomic E-state index is -0.848. The van der Waals surface area contributed by atoms with Gasteiger partial charge in [0.2, 0.25) is 0 Å². The van der Waals surface area contributed by atoms with Gasteiger partial charge in [-0.1, -0.05) is 17.7 Å². The van der Waals surface area contributed by atoms with Crippen LogP contribution in [0.5, 0.6) is 0 Å². The van der Waals surface area contributed by atoms with E-state index in [0.717, 1.165) is 19.6 Å². The molecule has 2 unspecified atom stereocenters. The number of halogens is 3. The largest absolute Gasteiger partial charge is 0.388 e. The highest BCUT2D eigenvalue weighted by atomic mass is 79.9. The molecular formula is C14H19BrClFN2O. The van der Waals surface area contributed by atoms with Crippen molar-refractivity contribution in [3.05, 3.63) is 33.0 Å². The monoisotopic (exact) mass is 364 g/mol. The molecule has 1 aromatic rings. The van der Waals surface area contributed by atoms with E-state index in [1.165, 1.54) is 0 Å². The minimum Gasteiger partial charge on any atom is -0.388 e. The second-order valence-corrected chi connectivity index (χ2v) is 6.65. The number of aliphatic hydroxyl groups is 1. The maximum atomic E-state index is 14.1. The molecule has 0 amide bonds. The summed E-state index contributed by atoms with van der Waals surface area (Å²) in [7, 11) is 4.10. The maximum absolute atomic E-state index is 14.1. The van der Waals surface area contributed by atoms with E-state index in [1.54, 1.807) is 12.1 Å². The molecule has 2 atom stereocenters. The molecular weight excluding hydrogens is 347 g/mol. The van der Waals surface area contributed by atoms with E-state index in [4.69, 9.17) is 11.6 Å². The van der Waals surface area contributed by atoms with Gasteiger partial charge in [0, 0.05) is 35.7 Å². The molecule has 1 fully saturated rings. The fourth-order valence-corrected chi connectivity index (χ4v) is 3.02. The molecule has 0 saturated carbocycles. The molecule has 0 aromatic heterocycles. The van der Waals surface area contributed by atoms with Gasteiger partial charge >= 0.3 is 0 Å². The minimum absolute atomic E-state index is 0.0238. The standard InChI is InChI=1S/C14H19BrClFN2O/c1-18-5-6-19(2)9(8-18)7-12(20)10-3-4-11(15)13(16)14(10)17/h3-4,9,12,20H,5-8H2,1-2H3. The van der Waals surface area contributed by atoms with Crippen molar-refractivity contribution < 1.29 is 9.50 Å². The van der Waals surface area contributed by atoms with Crippen LogP contribution in [-0.4, -0.2) is 54.7 Å². The summed E-state index contributed by atoms with van der Waals surface area (Å²) in [6.07, 6.45) is -0.352. The van der Waals surface area contributed by atoms with Gasteiger partial charge in [-0.15, -0.1) is 0 Å². The quantitative estimate of drug-likeness (QED) is 0.834. The van der Waals surface area contributed by atoms with Gasteiger partial charge in [0.25, 0.3) is 0 Å². The molecule has 1 aromatic carbocycles. The first-order valence-corrected chi connectivity index (χ1v) is 7.77. The van der Waals surface area contributed by atoms with Crippen LogP contribution in [0.4, 0.5) is 4.39 Å². The highest BCUT2D eigenvalue weighted by Crippen LogP contribution is 2.32. The third-order valence-electron chi connectivity index (χ3n) is 3.90. The Morgan fingerprint density at radius 2 is 2.15 bits per heavy atom. The van der Waals surface area contributed by atoms with E-state index in [2.05, 4.69) is 32.8 Å². The molecule has 1 heterocycles. The maximum Gasteiger partial charge on any atom is 0.148 e. The SMILES string of the molecule is CN1CCN(C)C(CC(O)c2ccc(Br)c(Cl)c2F)C1. The Balaban J connectivity index is 2.12. The lowest BCUT2D eigenvalue weighted by Crippen LogP contribution is -2.50. The second-order valence-electron chi connectivity index (χ2n) is 5.41. The molecule has 112 valence electrons. The van der Waals surface area contributed by atoms with E-state index < -0.39 is 11.9 Å². The lowest BCUT2D eigenvalue weighted by molar-refractivity contribution is 0.0622. The zero-order valence-electron chi connectivity index (χ0n) is 11.6. The number of aliphatic hydroxyl groups excluding tert-OH is 1. The first kappa shape index (κ1) is 16.2. The van der Waals surface area contributed by atoms with Gasteiger partial charge in [0.05, 0.1) is 11.1 Å². The first-order valence-electron chi connectivity index (χ1n) is 6.60. The summed E-state index contributed by atoms with van der Waals surface area (Å²) in [6.45, 7) is 2.85. The highest BCUT2D eigenvalue weighted by Gasteiger charge is 2.26. The van der Waals surface area contributed by atoms with Crippen molar-refractivity contribution in [3.8, 4) is 0 Å². The van der Waals surface area contributed by atoms with Crippen LogP contribution in [0.2, 0.25) is 5.02 Å². The fraction of sp³-hybridized carbons (Fsp3) is 0.571. The Bertz CT molecular complexity index is 488. The number of nitrogens with zero attached hydrogens (tertiary/aromatic N) is 2. The summed E-state index contributed by atoms with van der Waals surface area (Å²) >= 11 is 9.05. The van der Waals surface area contributed by atoms with Gasteiger partial charge in [0.15, 0.2) is 0 Å². The van der Waals surface area contributed by atoms with Crippen LogP contribution in [0.25, 0.3) is 0 Å². The van der Waals surface area contributed by atoms with Crippen LogP contribution in [0.15, 0.2) is 16.6 Å². The van der Waals surface area contributed by atoms with Crippen molar-refractivity contribution in [1.29, 1.82) is 0 Å². The van der Waals surface area contributed by atoms with Crippen molar-refractivity contribution in [3.63, 3.8) is 0 Å². The zero-order chi connectivity index (χ0) is 14.9. The molecule has 20 heavy (non-hydrogen) atoms. The number of rotatable bonds is 3. The molecule has 0 radical (unpaired) electrons. The van der Waals surface area contributed by atoms with Crippen LogP contribution in [0, 0.1) is 5.82 Å². The van der Waals surface area contributed by atoms with E-state index in [9.17, 15) is 9.50 Å². The molecule has 6 heteroatoms. The molecule has 0 aliphatic carbocycles. The average molecular weight is 366 g/mol. The lowest BCUT2D eigenvalue weighted by Gasteiger charge is -2.38. The third kappa shape index (κ3) is 3.52. The number of hydrogen-bond donors (Lipinski definition) is 1. The molecule has 0 spiro atoms. The van der Waals surface area contributed by atoms with E-state index >= 15 is 0 Å². The molecule has 1 aliphatic rings. The number of hydrogen-bond acceptors (Lipinski definition) is 3. The number of piperazine rings is 1. The summed E-state index contributed by atoms with van der Waals surface area (Å²) in [5, 5.41) is 10.3. The zero-order valence-corrected chi connectivity index (χ0v) is 14.0. The lowest BCUT2D eigenvalue weighted by atomic mass is 9.99. The van der Waals surface area contributed by atoms with Crippen LogP contribution in [-0.2, 0) is 0 Å². The Morgan fingerprint density at radius 3 is 2.85 bits per heavy atom. The normalized spacial score (nSPS) is 23.0. The Kier molecular flexibility index (Phi) is 5.42. The molecule has 0 bridgehead atoms. The van der Waals surface area contributed by atoms with Crippen molar-refractivity contribution in [2.75, 3.05) is 33.7 Å². The fourth-order valence-electron chi connectivity index (χ4n) is 2.54. The number of likely N-dealkylation sites (N-methyl/N-ethyl adjacent to an activating group) is 2. The van der Waals surface area contributed by atoms with Gasteiger partial charge in [-0.05, 0) is 42.5 Å². The van der Waals surface area contributed by atoms with Crippen molar-refractivity contribution in [2.24, 2.45) is 0 Å². The summed E-state index contributed by atoms with van der Waals surface area (Å²) < 4.78 is 14.6. The van der Waals surface area contributed by atoms with Gasteiger partial charge in [-0.3, -0.25) is 0 Å². The second kappa shape index (κ2) is 6.71. The van der Waals surface area contributed by atoms with Crippen LogP contribution in [0.3, 0.4) is 0 Å². The molecule has 1 aliphatic heterocycles. The summed E-state index contributed by atoms with van der Waals surface area (Å²) in [4.78, 5) is 4.43.